The molecule has 0 bridgehead atoms. The van der Waals surface area contributed by atoms with Gasteiger partial charge in [-0.3, -0.25) is 4.79 Å². The third-order valence-corrected chi connectivity index (χ3v) is 4.61. The van der Waals surface area contributed by atoms with E-state index in [0.29, 0.717) is 6.21 Å². The van der Waals surface area contributed by atoms with Crippen molar-refractivity contribution in [2.45, 2.75) is 57.2 Å². The summed E-state index contributed by atoms with van der Waals surface area (Å²) >= 11 is 0. The maximum atomic E-state index is 13.7. The number of carbonyl (C=O) groups excluding carboxylic acids is 1. The topological polar surface area (TPSA) is 47.4 Å². The zero-order valence-electron chi connectivity index (χ0n) is 14.6. The molecule has 1 rings (SSSR count). The minimum atomic E-state index is -3.22. The van der Waals surface area contributed by atoms with Crippen molar-refractivity contribution in [2.24, 2.45) is 0 Å². The first kappa shape index (κ1) is 21.9. The summed E-state index contributed by atoms with van der Waals surface area (Å²) in [7, 11) is 2.81. The van der Waals surface area contributed by atoms with Gasteiger partial charge >= 0.3 is 0 Å². The number of rotatable bonds is 8. The third-order valence-electron chi connectivity index (χ3n) is 4.43. The summed E-state index contributed by atoms with van der Waals surface area (Å²) < 4.78 is 53.8. The normalized spacial score (nSPS) is 17.3. The lowest BCUT2D eigenvalue weighted by atomic mass is 9.93. The van der Waals surface area contributed by atoms with E-state index >= 15 is 0 Å². The van der Waals surface area contributed by atoms with Crippen LogP contribution in [0, 0.1) is 5.41 Å². The second-order valence-electron chi connectivity index (χ2n) is 6.23. The van der Waals surface area contributed by atoms with E-state index < -0.39 is 35.8 Å². The van der Waals surface area contributed by atoms with Gasteiger partial charge in [0, 0.05) is 25.8 Å². The molecule has 1 aliphatic carbocycles. The van der Waals surface area contributed by atoms with Gasteiger partial charge in [0.15, 0.2) is 0 Å². The minimum absolute atomic E-state index is 0.0657. The lowest BCUT2D eigenvalue weighted by Crippen LogP contribution is -2.42. The van der Waals surface area contributed by atoms with Crippen molar-refractivity contribution < 1.29 is 22.4 Å². The first-order valence-electron chi connectivity index (χ1n) is 8.34. The Balaban J connectivity index is 3.19. The summed E-state index contributed by atoms with van der Waals surface area (Å²) in [5.41, 5.74) is -4.31. The van der Waals surface area contributed by atoms with Crippen molar-refractivity contribution >= 4 is 21.4 Å². The van der Waals surface area contributed by atoms with Crippen LogP contribution in [0.15, 0.2) is 11.3 Å². The largest absolute Gasteiger partial charge is 0.370 e. The van der Waals surface area contributed by atoms with E-state index in [2.05, 4.69) is 0 Å². The van der Waals surface area contributed by atoms with Gasteiger partial charge in [-0.25, -0.2) is 17.6 Å². The Morgan fingerprint density at radius 2 is 1.88 bits per heavy atom. The van der Waals surface area contributed by atoms with E-state index in [0.717, 1.165) is 37.0 Å². The summed E-state index contributed by atoms with van der Waals surface area (Å²) in [5.74, 6) is -0.974. The molecule has 1 N–H and O–H groups in total. The second-order valence-corrected chi connectivity index (χ2v) is 7.07. The van der Waals surface area contributed by atoms with Crippen LogP contribution in [0.2, 0.25) is 0 Å². The fraction of sp³-hybridized carbons (Fsp3) is 0.750. The Hall–Kier alpha value is -1.17. The number of allylic oxidation sites excluding steroid dienone is 1. The van der Waals surface area contributed by atoms with Gasteiger partial charge in [-0.2, -0.15) is 0 Å². The zero-order valence-corrected chi connectivity index (χ0v) is 15.7. The van der Waals surface area contributed by atoms with Crippen LogP contribution in [0.25, 0.3) is 0 Å². The van der Waals surface area contributed by atoms with Crippen LogP contribution in [0.3, 0.4) is 0 Å². The lowest BCUT2D eigenvalue weighted by molar-refractivity contribution is -0.129. The van der Waals surface area contributed by atoms with E-state index in [1.165, 1.54) is 28.1 Å². The molecular formula is C16H26F4N3OP. The number of hydrogen-bond donors (Lipinski definition) is 1. The van der Waals surface area contributed by atoms with Crippen LogP contribution in [0.5, 0.6) is 0 Å². The Labute approximate surface area is 148 Å². The molecule has 0 saturated heterocycles. The molecule has 0 aliphatic heterocycles. The number of alkyl halides is 4. The van der Waals surface area contributed by atoms with Crippen LogP contribution >= 0.6 is 9.24 Å². The molecule has 0 aromatic carbocycles. The quantitative estimate of drug-likeness (QED) is 0.300. The van der Waals surface area contributed by atoms with Crippen molar-refractivity contribution in [3.05, 3.63) is 11.3 Å². The van der Waals surface area contributed by atoms with Gasteiger partial charge in [-0.1, -0.05) is 28.5 Å². The minimum Gasteiger partial charge on any atom is -0.370 e. The Morgan fingerprint density at radius 1 is 1.32 bits per heavy atom. The number of carbonyl (C=O) groups is 1. The molecule has 0 radical (unpaired) electrons. The highest BCUT2D eigenvalue weighted by Gasteiger charge is 2.33. The van der Waals surface area contributed by atoms with Crippen LogP contribution in [0.4, 0.5) is 17.6 Å². The van der Waals surface area contributed by atoms with E-state index in [-0.39, 0.29) is 12.6 Å². The number of likely N-dealkylation sites (N-methyl/N-ethyl adjacent to an activating group) is 1. The molecule has 0 spiro atoms. The molecule has 1 saturated carbocycles. The summed E-state index contributed by atoms with van der Waals surface area (Å²) in [6.45, 7) is 0.514. The van der Waals surface area contributed by atoms with Crippen molar-refractivity contribution in [3.63, 3.8) is 0 Å². The molecular weight excluding hydrogens is 357 g/mol. The van der Waals surface area contributed by atoms with Crippen molar-refractivity contribution in [1.29, 1.82) is 5.41 Å². The fourth-order valence-electron chi connectivity index (χ4n) is 3.12. The maximum absolute atomic E-state index is 13.7. The molecule has 1 amide bonds. The van der Waals surface area contributed by atoms with Crippen molar-refractivity contribution in [1.82, 2.24) is 9.80 Å². The average Bonchev–Trinajstić information content (AvgIpc) is 2.55. The molecule has 4 nitrogen and oxygen atoms in total. The number of nitrogens with one attached hydrogen (secondary N) is 1. The third kappa shape index (κ3) is 6.24. The molecule has 1 fully saturated rings. The molecule has 0 aromatic rings. The van der Waals surface area contributed by atoms with Crippen LogP contribution in [-0.2, 0) is 4.79 Å². The first-order chi connectivity index (χ1) is 11.6. The van der Waals surface area contributed by atoms with Crippen LogP contribution in [-0.4, -0.2) is 60.2 Å². The Morgan fingerprint density at radius 3 is 2.28 bits per heavy atom. The smallest absolute Gasteiger partial charge is 0.278 e. The lowest BCUT2D eigenvalue weighted by Gasteiger charge is -2.35. The Kier molecular flexibility index (Phi) is 8.32. The highest BCUT2D eigenvalue weighted by molar-refractivity contribution is 7.18. The standard InChI is InChI=1S/C16H26F4N3OP/c1-3-23(10-16(19,20)25)15(24)12(9-21)13(14(17)18)22(2)11-7-5-4-6-8-11/h9,11,14,21H,3-8,10,25H2,1-2H3/b13-12+,21-9?. The zero-order chi connectivity index (χ0) is 19.2. The Bertz CT molecular complexity index is 502. The van der Waals surface area contributed by atoms with E-state index in [1.54, 1.807) is 0 Å². The molecule has 1 aliphatic rings. The van der Waals surface area contributed by atoms with Gasteiger partial charge in [0.1, 0.15) is 0 Å². The molecule has 0 aromatic heterocycles. The fourth-order valence-corrected chi connectivity index (χ4v) is 3.34. The monoisotopic (exact) mass is 383 g/mol. The predicted molar refractivity (Wildman–Crippen MR) is 93.4 cm³/mol. The van der Waals surface area contributed by atoms with E-state index in [9.17, 15) is 22.4 Å². The van der Waals surface area contributed by atoms with Gasteiger partial charge in [0.25, 0.3) is 18.0 Å². The van der Waals surface area contributed by atoms with Gasteiger partial charge in [-0.05, 0) is 19.8 Å². The predicted octanol–water partition coefficient (Wildman–Crippen LogP) is 3.74. The molecule has 144 valence electrons. The summed E-state index contributed by atoms with van der Waals surface area (Å²) in [6, 6.07) is -0.140. The molecule has 1 atom stereocenters. The van der Waals surface area contributed by atoms with Gasteiger partial charge in [-0.15, -0.1) is 0 Å². The molecule has 0 heterocycles. The number of nitrogens with zero attached hydrogens (tertiary/aromatic N) is 2. The SMILES string of the molecule is CCN(CC(F)(F)P)C(=O)/C(C=N)=C(\C(F)F)N(C)C1CCCCC1. The first-order valence-corrected chi connectivity index (χ1v) is 8.91. The number of amides is 1. The highest BCUT2D eigenvalue weighted by Crippen LogP contribution is 2.29. The van der Waals surface area contributed by atoms with Crippen LogP contribution in [0.1, 0.15) is 39.0 Å². The van der Waals surface area contributed by atoms with E-state index in [1.807, 2.05) is 0 Å². The van der Waals surface area contributed by atoms with E-state index in [4.69, 9.17) is 5.41 Å². The maximum Gasteiger partial charge on any atom is 0.278 e. The van der Waals surface area contributed by atoms with Gasteiger partial charge in [0.2, 0.25) is 0 Å². The van der Waals surface area contributed by atoms with Gasteiger partial charge in [0.05, 0.1) is 17.8 Å². The average molecular weight is 383 g/mol. The van der Waals surface area contributed by atoms with Gasteiger partial charge < -0.3 is 15.2 Å². The highest BCUT2D eigenvalue weighted by atomic mass is 31.0. The molecule has 9 heteroatoms. The summed E-state index contributed by atoms with van der Waals surface area (Å²) in [4.78, 5) is 14.7. The molecule has 25 heavy (non-hydrogen) atoms. The molecule has 1 unspecified atom stereocenters. The number of halogens is 4. The summed E-state index contributed by atoms with van der Waals surface area (Å²) in [5, 5.41) is 7.44. The number of hydrogen-bond acceptors (Lipinski definition) is 3. The van der Waals surface area contributed by atoms with Crippen molar-refractivity contribution in [2.75, 3.05) is 20.1 Å². The second kappa shape index (κ2) is 9.51. The summed E-state index contributed by atoms with van der Waals surface area (Å²) in [6.07, 6.45) is 1.91. The van der Waals surface area contributed by atoms with Crippen LogP contribution < -0.4 is 0 Å². The van der Waals surface area contributed by atoms with Crippen molar-refractivity contribution in [3.8, 4) is 0 Å².